The van der Waals surface area contributed by atoms with Crippen LogP contribution in [0, 0.1) is 0 Å². The highest BCUT2D eigenvalue weighted by Gasteiger charge is 2.13. The summed E-state index contributed by atoms with van der Waals surface area (Å²) in [4.78, 5) is 17.7. The Balaban J connectivity index is 1.67. The number of nitrogens with zero attached hydrogens (tertiary/aromatic N) is 1. The fraction of sp³-hybridized carbons (Fsp3) is 0.125. The monoisotopic (exact) mass is 471 g/mol. The van der Waals surface area contributed by atoms with Crippen molar-refractivity contribution in [3.63, 3.8) is 0 Å². The number of aromatic nitrogens is 1. The molecule has 0 aliphatic rings. The van der Waals surface area contributed by atoms with Gasteiger partial charge in [-0.3, -0.25) is 9.52 Å². The van der Waals surface area contributed by atoms with Crippen molar-refractivity contribution in [3.05, 3.63) is 51.3 Å². The van der Waals surface area contributed by atoms with E-state index in [0.29, 0.717) is 17.1 Å². The van der Waals surface area contributed by atoms with Gasteiger partial charge in [-0.1, -0.05) is 0 Å². The SMILES string of the molecule is CCS(=O)(=O)Nc1ccc(NC(=O)c2csc(-c3cc(Br)cs3)n2)cc1. The number of rotatable bonds is 6. The number of halogens is 1. The molecule has 2 N–H and O–H groups in total. The fourth-order valence-electron chi connectivity index (χ4n) is 1.98. The summed E-state index contributed by atoms with van der Waals surface area (Å²) in [6.07, 6.45) is 0. The number of carbonyl (C=O) groups excluding carboxylic acids is 1. The number of hydrogen-bond donors (Lipinski definition) is 2. The van der Waals surface area contributed by atoms with Crippen molar-refractivity contribution in [2.45, 2.75) is 6.92 Å². The predicted octanol–water partition coefficient (Wildman–Crippen LogP) is 4.65. The minimum absolute atomic E-state index is 0.00153. The Hall–Kier alpha value is -1.75. The maximum atomic E-state index is 12.3. The molecule has 0 saturated carbocycles. The molecule has 0 bridgehead atoms. The number of hydrogen-bond acceptors (Lipinski definition) is 6. The third-order valence-electron chi connectivity index (χ3n) is 3.31. The molecule has 2 heterocycles. The van der Waals surface area contributed by atoms with Crippen LogP contribution in [0.3, 0.4) is 0 Å². The van der Waals surface area contributed by atoms with Gasteiger partial charge in [0, 0.05) is 26.6 Å². The van der Waals surface area contributed by atoms with E-state index < -0.39 is 10.0 Å². The highest BCUT2D eigenvalue weighted by atomic mass is 79.9. The third kappa shape index (κ3) is 4.70. The lowest BCUT2D eigenvalue weighted by atomic mass is 10.3. The van der Waals surface area contributed by atoms with E-state index in [0.717, 1.165) is 14.4 Å². The molecule has 10 heteroatoms. The fourth-order valence-corrected chi connectivity index (χ4v) is 4.93. The Labute approximate surface area is 167 Å². The molecule has 2 aromatic heterocycles. The molecular weight excluding hydrogens is 458 g/mol. The van der Waals surface area contributed by atoms with Crippen LogP contribution >= 0.6 is 38.6 Å². The van der Waals surface area contributed by atoms with E-state index in [1.165, 1.54) is 11.3 Å². The molecule has 0 saturated heterocycles. The number of thiophene rings is 1. The second kappa shape index (κ2) is 7.87. The molecule has 6 nitrogen and oxygen atoms in total. The molecule has 1 amide bonds. The van der Waals surface area contributed by atoms with Crippen molar-refractivity contribution in [1.29, 1.82) is 0 Å². The number of anilines is 2. The lowest BCUT2D eigenvalue weighted by Gasteiger charge is -2.07. The Kier molecular flexibility index (Phi) is 5.76. The largest absolute Gasteiger partial charge is 0.321 e. The number of nitrogens with one attached hydrogen (secondary N) is 2. The Morgan fingerprint density at radius 3 is 2.46 bits per heavy atom. The van der Waals surface area contributed by atoms with E-state index in [1.54, 1.807) is 47.9 Å². The zero-order valence-electron chi connectivity index (χ0n) is 13.5. The summed E-state index contributed by atoms with van der Waals surface area (Å²) in [5.41, 5.74) is 1.34. The molecule has 1 aromatic carbocycles. The van der Waals surface area contributed by atoms with Gasteiger partial charge in [-0.15, -0.1) is 22.7 Å². The Bertz CT molecular complexity index is 1030. The highest BCUT2D eigenvalue weighted by Crippen LogP contribution is 2.32. The van der Waals surface area contributed by atoms with Gasteiger partial charge in [0.1, 0.15) is 10.7 Å². The summed E-state index contributed by atoms with van der Waals surface area (Å²) in [5.74, 6) is -0.316. The van der Waals surface area contributed by atoms with Crippen molar-refractivity contribution in [1.82, 2.24) is 4.98 Å². The molecular formula is C16H14BrN3O3S3. The van der Waals surface area contributed by atoms with Crippen LogP contribution in [0.1, 0.15) is 17.4 Å². The van der Waals surface area contributed by atoms with Crippen LogP contribution in [0.5, 0.6) is 0 Å². The summed E-state index contributed by atoms with van der Waals surface area (Å²) < 4.78 is 26.5. The van der Waals surface area contributed by atoms with Gasteiger partial charge in [-0.2, -0.15) is 0 Å². The van der Waals surface area contributed by atoms with Gasteiger partial charge >= 0.3 is 0 Å². The van der Waals surface area contributed by atoms with Crippen LogP contribution in [0.4, 0.5) is 11.4 Å². The number of carbonyl (C=O) groups is 1. The number of thiazole rings is 1. The van der Waals surface area contributed by atoms with E-state index in [1.807, 2.05) is 11.4 Å². The summed E-state index contributed by atoms with van der Waals surface area (Å²) in [7, 11) is -3.32. The highest BCUT2D eigenvalue weighted by molar-refractivity contribution is 9.10. The first-order valence-corrected chi connectivity index (χ1v) is 11.7. The number of amides is 1. The molecule has 0 aliphatic carbocycles. The van der Waals surface area contributed by atoms with Crippen molar-refractivity contribution in [2.24, 2.45) is 0 Å². The van der Waals surface area contributed by atoms with Crippen molar-refractivity contribution in [2.75, 3.05) is 15.8 Å². The van der Waals surface area contributed by atoms with Gasteiger partial charge in [0.05, 0.1) is 10.6 Å². The molecule has 0 spiro atoms. The van der Waals surface area contributed by atoms with Crippen molar-refractivity contribution < 1.29 is 13.2 Å². The lowest BCUT2D eigenvalue weighted by Crippen LogP contribution is -2.15. The van der Waals surface area contributed by atoms with E-state index in [4.69, 9.17) is 0 Å². The zero-order chi connectivity index (χ0) is 18.7. The Morgan fingerprint density at radius 2 is 1.85 bits per heavy atom. The predicted molar refractivity (Wildman–Crippen MR) is 111 cm³/mol. The van der Waals surface area contributed by atoms with E-state index >= 15 is 0 Å². The normalized spacial score (nSPS) is 11.3. The molecule has 0 atom stereocenters. The van der Waals surface area contributed by atoms with E-state index in [9.17, 15) is 13.2 Å². The van der Waals surface area contributed by atoms with Crippen LogP contribution in [0.15, 0.2) is 45.6 Å². The first-order chi connectivity index (χ1) is 12.4. The van der Waals surface area contributed by atoms with Gasteiger partial charge < -0.3 is 5.32 Å². The minimum atomic E-state index is -3.32. The summed E-state index contributed by atoms with van der Waals surface area (Å²) in [6.45, 7) is 1.56. The number of benzene rings is 1. The third-order valence-corrected chi connectivity index (χ3v) is 7.32. The van der Waals surface area contributed by atoms with Gasteiger partial charge in [0.15, 0.2) is 0 Å². The van der Waals surface area contributed by atoms with Crippen LogP contribution in [0.25, 0.3) is 9.88 Å². The molecule has 3 aromatic rings. The summed E-state index contributed by atoms with van der Waals surface area (Å²) >= 11 is 6.36. The second-order valence-corrected chi connectivity index (χ2v) is 9.90. The van der Waals surface area contributed by atoms with Crippen LogP contribution in [0.2, 0.25) is 0 Å². The first-order valence-electron chi connectivity index (χ1n) is 7.48. The van der Waals surface area contributed by atoms with Gasteiger partial charge in [-0.05, 0) is 53.2 Å². The zero-order valence-corrected chi connectivity index (χ0v) is 17.6. The van der Waals surface area contributed by atoms with E-state index in [2.05, 4.69) is 31.0 Å². The van der Waals surface area contributed by atoms with Gasteiger partial charge in [0.2, 0.25) is 10.0 Å². The molecule has 0 aliphatic heterocycles. The smallest absolute Gasteiger partial charge is 0.275 e. The molecule has 26 heavy (non-hydrogen) atoms. The Morgan fingerprint density at radius 1 is 1.15 bits per heavy atom. The van der Waals surface area contributed by atoms with E-state index in [-0.39, 0.29) is 11.7 Å². The van der Waals surface area contributed by atoms with Crippen molar-refractivity contribution >= 4 is 65.9 Å². The summed E-state index contributed by atoms with van der Waals surface area (Å²) in [5, 5.41) is 7.22. The van der Waals surface area contributed by atoms with Crippen LogP contribution in [-0.4, -0.2) is 25.1 Å². The van der Waals surface area contributed by atoms with Crippen LogP contribution in [-0.2, 0) is 10.0 Å². The lowest BCUT2D eigenvalue weighted by molar-refractivity contribution is 0.102. The van der Waals surface area contributed by atoms with Crippen LogP contribution < -0.4 is 10.0 Å². The van der Waals surface area contributed by atoms with Gasteiger partial charge in [0.25, 0.3) is 5.91 Å². The summed E-state index contributed by atoms with van der Waals surface area (Å²) in [6, 6.07) is 8.42. The maximum absolute atomic E-state index is 12.3. The molecule has 0 fully saturated rings. The molecule has 0 radical (unpaired) electrons. The molecule has 3 rings (SSSR count). The number of sulfonamides is 1. The average Bonchev–Trinajstić information content (AvgIpc) is 3.25. The quantitative estimate of drug-likeness (QED) is 0.547. The average molecular weight is 472 g/mol. The molecule has 0 unspecified atom stereocenters. The topological polar surface area (TPSA) is 88.2 Å². The maximum Gasteiger partial charge on any atom is 0.275 e. The molecule has 136 valence electrons. The van der Waals surface area contributed by atoms with Gasteiger partial charge in [-0.25, -0.2) is 13.4 Å². The first kappa shape index (κ1) is 19.0. The minimum Gasteiger partial charge on any atom is -0.321 e. The standard InChI is InChI=1S/C16H14BrN3O3S3/c1-2-26(22,23)20-12-5-3-11(4-6-12)18-15(21)13-9-25-16(19-13)14-7-10(17)8-24-14/h3-9,20H,2H2,1H3,(H,18,21). The second-order valence-electron chi connectivity index (χ2n) is 5.20. The van der Waals surface area contributed by atoms with Crippen molar-refractivity contribution in [3.8, 4) is 9.88 Å².